The van der Waals surface area contributed by atoms with Crippen molar-refractivity contribution in [3.05, 3.63) is 53.3 Å². The lowest BCUT2D eigenvalue weighted by Crippen LogP contribution is -2.23. The van der Waals surface area contributed by atoms with Gasteiger partial charge >= 0.3 is 0 Å². The first-order chi connectivity index (χ1) is 8.69. The lowest BCUT2D eigenvalue weighted by molar-refractivity contribution is 0.0950. The number of rotatable bonds is 4. The number of nitrogens with zero attached hydrogens (tertiary/aromatic N) is 2. The summed E-state index contributed by atoms with van der Waals surface area (Å²) < 4.78 is 1.71. The molecule has 18 heavy (non-hydrogen) atoms. The molecule has 0 saturated carbocycles. The predicted molar refractivity (Wildman–Crippen MR) is 70.4 cm³/mol. The molecule has 4 nitrogen and oxygen atoms in total. The number of hydrogen-bond acceptors (Lipinski definition) is 2. The third-order valence-electron chi connectivity index (χ3n) is 2.57. The summed E-state index contributed by atoms with van der Waals surface area (Å²) in [7, 11) is 1.84. The van der Waals surface area contributed by atoms with Crippen molar-refractivity contribution in [2.75, 3.05) is 0 Å². The lowest BCUT2D eigenvalue weighted by atomic mass is 10.1. The number of amides is 1. The molecular formula is C13H14ClN3O. The van der Waals surface area contributed by atoms with Gasteiger partial charge in [-0.05, 0) is 23.8 Å². The molecule has 1 amide bonds. The number of nitrogens with one attached hydrogen (secondary N) is 1. The zero-order chi connectivity index (χ0) is 13.0. The van der Waals surface area contributed by atoms with Crippen LogP contribution in [0.1, 0.15) is 21.6 Å². The van der Waals surface area contributed by atoms with Crippen molar-refractivity contribution in [1.29, 1.82) is 0 Å². The summed E-state index contributed by atoms with van der Waals surface area (Å²) >= 11 is 5.69. The second kappa shape index (κ2) is 5.69. The van der Waals surface area contributed by atoms with Crippen LogP contribution in [0.25, 0.3) is 0 Å². The van der Waals surface area contributed by atoms with Crippen LogP contribution in [0.5, 0.6) is 0 Å². The second-order valence-electron chi connectivity index (χ2n) is 3.99. The number of halogens is 1. The number of aryl methyl sites for hydroxylation is 1. The molecule has 0 bridgehead atoms. The quantitative estimate of drug-likeness (QED) is 0.859. The average Bonchev–Trinajstić information content (AvgIpc) is 2.82. The molecule has 1 aromatic carbocycles. The van der Waals surface area contributed by atoms with Gasteiger partial charge in [0, 0.05) is 24.7 Å². The monoisotopic (exact) mass is 263 g/mol. The van der Waals surface area contributed by atoms with Crippen LogP contribution < -0.4 is 5.32 Å². The highest BCUT2D eigenvalue weighted by Gasteiger charge is 2.05. The fraction of sp³-hybridized carbons (Fsp3) is 0.231. The van der Waals surface area contributed by atoms with Crippen LogP contribution in [-0.4, -0.2) is 15.7 Å². The Balaban J connectivity index is 1.94. The van der Waals surface area contributed by atoms with Gasteiger partial charge in [-0.25, -0.2) is 0 Å². The van der Waals surface area contributed by atoms with Gasteiger partial charge in [0.25, 0.3) is 5.91 Å². The van der Waals surface area contributed by atoms with Crippen molar-refractivity contribution in [1.82, 2.24) is 15.1 Å². The van der Waals surface area contributed by atoms with Crippen LogP contribution in [0.3, 0.4) is 0 Å². The lowest BCUT2D eigenvalue weighted by Gasteiger charge is -2.04. The first-order valence-corrected chi connectivity index (χ1v) is 6.14. The number of hydrogen-bond donors (Lipinski definition) is 1. The Hall–Kier alpha value is -1.81. The summed E-state index contributed by atoms with van der Waals surface area (Å²) in [4.78, 5) is 11.8. The van der Waals surface area contributed by atoms with Gasteiger partial charge in [0.15, 0.2) is 0 Å². The molecule has 1 aromatic heterocycles. The molecule has 0 unspecified atom stereocenters. The van der Waals surface area contributed by atoms with E-state index in [1.54, 1.807) is 16.8 Å². The maximum Gasteiger partial charge on any atom is 0.251 e. The van der Waals surface area contributed by atoms with Crippen molar-refractivity contribution in [3.63, 3.8) is 0 Å². The van der Waals surface area contributed by atoms with E-state index < -0.39 is 0 Å². The maximum absolute atomic E-state index is 11.8. The highest BCUT2D eigenvalue weighted by molar-refractivity contribution is 6.17. The Morgan fingerprint density at radius 1 is 1.33 bits per heavy atom. The summed E-state index contributed by atoms with van der Waals surface area (Å²) in [5.41, 5.74) is 2.46. The SMILES string of the molecule is Cn1ccc(CNC(=O)c2ccc(CCl)cc2)n1. The Morgan fingerprint density at radius 2 is 2.06 bits per heavy atom. The van der Waals surface area contributed by atoms with Crippen molar-refractivity contribution in [2.24, 2.45) is 7.05 Å². The summed E-state index contributed by atoms with van der Waals surface area (Å²) in [6.07, 6.45) is 1.84. The molecular weight excluding hydrogens is 250 g/mol. The average molecular weight is 264 g/mol. The molecule has 0 aliphatic carbocycles. The topological polar surface area (TPSA) is 46.9 Å². The van der Waals surface area contributed by atoms with Crippen molar-refractivity contribution >= 4 is 17.5 Å². The molecule has 1 N–H and O–H groups in total. The number of carbonyl (C=O) groups is 1. The van der Waals surface area contributed by atoms with E-state index in [9.17, 15) is 4.79 Å². The zero-order valence-electron chi connectivity index (χ0n) is 10.1. The van der Waals surface area contributed by atoms with E-state index in [2.05, 4.69) is 10.4 Å². The van der Waals surface area contributed by atoms with Crippen LogP contribution in [0.15, 0.2) is 36.5 Å². The molecule has 5 heteroatoms. The third-order valence-corrected chi connectivity index (χ3v) is 2.88. The van der Waals surface area contributed by atoms with Crippen molar-refractivity contribution in [2.45, 2.75) is 12.4 Å². The third kappa shape index (κ3) is 3.11. The fourth-order valence-electron chi connectivity index (χ4n) is 1.58. The normalized spacial score (nSPS) is 10.3. The van der Waals surface area contributed by atoms with E-state index in [4.69, 9.17) is 11.6 Å². The standard InChI is InChI=1S/C13H14ClN3O/c1-17-7-6-12(16-17)9-15-13(18)11-4-2-10(8-14)3-5-11/h2-7H,8-9H2,1H3,(H,15,18). The number of benzene rings is 1. The number of carbonyl (C=O) groups excluding carboxylic acids is 1. The van der Waals surface area contributed by atoms with Crippen LogP contribution in [0.2, 0.25) is 0 Å². The van der Waals surface area contributed by atoms with E-state index >= 15 is 0 Å². The maximum atomic E-state index is 11.8. The van der Waals surface area contributed by atoms with E-state index in [1.807, 2.05) is 31.4 Å². The first kappa shape index (κ1) is 12.6. The van der Waals surface area contributed by atoms with E-state index in [0.29, 0.717) is 18.0 Å². The minimum absolute atomic E-state index is 0.109. The van der Waals surface area contributed by atoms with Crippen LogP contribution in [0.4, 0.5) is 0 Å². The van der Waals surface area contributed by atoms with Gasteiger partial charge in [0.1, 0.15) is 0 Å². The number of alkyl halides is 1. The molecule has 2 aromatic rings. The van der Waals surface area contributed by atoms with E-state index in [-0.39, 0.29) is 5.91 Å². The molecule has 0 radical (unpaired) electrons. The van der Waals surface area contributed by atoms with Crippen LogP contribution >= 0.6 is 11.6 Å². The highest BCUT2D eigenvalue weighted by atomic mass is 35.5. The van der Waals surface area contributed by atoms with E-state index in [1.165, 1.54) is 0 Å². The van der Waals surface area contributed by atoms with Gasteiger partial charge in [-0.2, -0.15) is 5.10 Å². The molecule has 0 aliphatic heterocycles. The van der Waals surface area contributed by atoms with Crippen LogP contribution in [-0.2, 0) is 19.5 Å². The van der Waals surface area contributed by atoms with Gasteiger partial charge in [0.2, 0.25) is 0 Å². The fourth-order valence-corrected chi connectivity index (χ4v) is 1.75. The number of aromatic nitrogens is 2. The van der Waals surface area contributed by atoms with Gasteiger partial charge in [0.05, 0.1) is 12.2 Å². The van der Waals surface area contributed by atoms with Crippen molar-refractivity contribution in [3.8, 4) is 0 Å². The molecule has 0 spiro atoms. The molecule has 0 atom stereocenters. The zero-order valence-corrected chi connectivity index (χ0v) is 10.8. The molecule has 1 heterocycles. The van der Waals surface area contributed by atoms with Crippen molar-refractivity contribution < 1.29 is 4.79 Å². The Morgan fingerprint density at radius 3 is 2.61 bits per heavy atom. The first-order valence-electron chi connectivity index (χ1n) is 5.60. The van der Waals surface area contributed by atoms with Gasteiger partial charge in [-0.3, -0.25) is 9.48 Å². The molecule has 0 fully saturated rings. The molecule has 2 rings (SSSR count). The van der Waals surface area contributed by atoms with Crippen LogP contribution in [0, 0.1) is 0 Å². The summed E-state index contributed by atoms with van der Waals surface area (Å²) in [5.74, 6) is 0.345. The molecule has 94 valence electrons. The Bertz CT molecular complexity index is 533. The predicted octanol–water partition coefficient (Wildman–Crippen LogP) is 2.09. The van der Waals surface area contributed by atoms with Gasteiger partial charge in [-0.15, -0.1) is 11.6 Å². The second-order valence-corrected chi connectivity index (χ2v) is 4.26. The smallest absolute Gasteiger partial charge is 0.251 e. The van der Waals surface area contributed by atoms with Gasteiger partial charge in [-0.1, -0.05) is 12.1 Å². The Labute approximate surface area is 111 Å². The summed E-state index contributed by atoms with van der Waals surface area (Å²) in [6.45, 7) is 0.428. The molecule has 0 aliphatic rings. The van der Waals surface area contributed by atoms with E-state index in [0.717, 1.165) is 11.3 Å². The summed E-state index contributed by atoms with van der Waals surface area (Å²) in [5, 5.41) is 7.01. The Kier molecular flexibility index (Phi) is 3.99. The van der Waals surface area contributed by atoms with Gasteiger partial charge < -0.3 is 5.32 Å². The molecule has 0 saturated heterocycles. The minimum Gasteiger partial charge on any atom is -0.346 e. The highest BCUT2D eigenvalue weighted by Crippen LogP contribution is 2.07. The largest absolute Gasteiger partial charge is 0.346 e. The minimum atomic E-state index is -0.109. The summed E-state index contributed by atoms with van der Waals surface area (Å²) in [6, 6.07) is 9.11.